The molecule has 0 saturated carbocycles. The Labute approximate surface area is 175 Å². The van der Waals surface area contributed by atoms with Crippen molar-refractivity contribution in [1.29, 1.82) is 0 Å². The third kappa shape index (κ3) is 11.4. The molecule has 166 valence electrons. The van der Waals surface area contributed by atoms with Gasteiger partial charge in [-0.25, -0.2) is 0 Å². The standard InChI is InChI=1S/C25H49NO2/c1-4-5-6-7-8-9-10-11-12-13-14-15-16-17-18-19-24(27)28-25(23(2)3)20-21-26-22-25/h23,26H,4-22H2,1-3H3. The highest BCUT2D eigenvalue weighted by Crippen LogP contribution is 2.29. The summed E-state index contributed by atoms with van der Waals surface area (Å²) < 4.78 is 5.88. The van der Waals surface area contributed by atoms with E-state index in [0.29, 0.717) is 12.3 Å². The molecule has 1 fully saturated rings. The Morgan fingerprint density at radius 3 is 1.68 bits per heavy atom. The molecule has 1 unspecified atom stereocenters. The molecule has 3 nitrogen and oxygen atoms in total. The average Bonchev–Trinajstić information content (AvgIpc) is 3.14. The fraction of sp³-hybridized carbons (Fsp3) is 0.960. The quantitative estimate of drug-likeness (QED) is 0.197. The lowest BCUT2D eigenvalue weighted by Crippen LogP contribution is -2.42. The first-order valence-electron chi connectivity index (χ1n) is 12.5. The summed E-state index contributed by atoms with van der Waals surface area (Å²) in [7, 11) is 0. The summed E-state index contributed by atoms with van der Waals surface area (Å²) >= 11 is 0. The average molecular weight is 396 g/mol. The molecule has 0 aromatic heterocycles. The van der Waals surface area contributed by atoms with Crippen LogP contribution in [0.1, 0.15) is 130 Å². The molecule has 0 radical (unpaired) electrons. The van der Waals surface area contributed by atoms with Crippen molar-refractivity contribution in [1.82, 2.24) is 5.32 Å². The van der Waals surface area contributed by atoms with Gasteiger partial charge in [-0.15, -0.1) is 0 Å². The maximum atomic E-state index is 12.2. The molecule has 0 aliphatic carbocycles. The van der Waals surface area contributed by atoms with Crippen molar-refractivity contribution in [3.05, 3.63) is 0 Å². The number of nitrogens with one attached hydrogen (secondary N) is 1. The monoisotopic (exact) mass is 395 g/mol. The minimum Gasteiger partial charge on any atom is -0.457 e. The van der Waals surface area contributed by atoms with E-state index >= 15 is 0 Å². The lowest BCUT2D eigenvalue weighted by Gasteiger charge is -2.32. The zero-order valence-corrected chi connectivity index (χ0v) is 19.3. The van der Waals surface area contributed by atoms with Crippen molar-refractivity contribution in [2.45, 2.75) is 136 Å². The van der Waals surface area contributed by atoms with Crippen LogP contribution in [0.3, 0.4) is 0 Å². The number of esters is 1. The van der Waals surface area contributed by atoms with Gasteiger partial charge in [0.1, 0.15) is 5.60 Å². The summed E-state index contributed by atoms with van der Waals surface area (Å²) in [4.78, 5) is 12.2. The van der Waals surface area contributed by atoms with Crippen LogP contribution in [0.15, 0.2) is 0 Å². The van der Waals surface area contributed by atoms with Crippen LogP contribution in [0.4, 0.5) is 0 Å². The van der Waals surface area contributed by atoms with Crippen molar-refractivity contribution < 1.29 is 9.53 Å². The Kier molecular flexibility index (Phi) is 14.8. The highest BCUT2D eigenvalue weighted by Gasteiger charge is 2.40. The zero-order chi connectivity index (χ0) is 20.5. The van der Waals surface area contributed by atoms with Gasteiger partial charge in [0.25, 0.3) is 0 Å². The van der Waals surface area contributed by atoms with E-state index < -0.39 is 0 Å². The summed E-state index contributed by atoms with van der Waals surface area (Å²) in [5.74, 6) is 0.389. The number of unbranched alkanes of at least 4 members (excludes halogenated alkanes) is 14. The lowest BCUT2D eigenvalue weighted by molar-refractivity contribution is -0.162. The third-order valence-corrected chi connectivity index (χ3v) is 6.50. The first-order chi connectivity index (χ1) is 13.6. The molecule has 1 heterocycles. The number of ether oxygens (including phenoxy) is 1. The van der Waals surface area contributed by atoms with Gasteiger partial charge < -0.3 is 10.1 Å². The van der Waals surface area contributed by atoms with Crippen LogP contribution in [-0.4, -0.2) is 24.7 Å². The largest absolute Gasteiger partial charge is 0.457 e. The van der Waals surface area contributed by atoms with Crippen LogP contribution in [-0.2, 0) is 9.53 Å². The summed E-state index contributed by atoms with van der Waals surface area (Å²) in [5.41, 5.74) is -0.257. The van der Waals surface area contributed by atoms with Gasteiger partial charge in [0.05, 0.1) is 0 Å². The number of carbonyl (C=O) groups is 1. The second-order valence-corrected chi connectivity index (χ2v) is 9.32. The Morgan fingerprint density at radius 1 is 0.821 bits per heavy atom. The topological polar surface area (TPSA) is 38.3 Å². The van der Waals surface area contributed by atoms with Gasteiger partial charge in [0.15, 0.2) is 0 Å². The molecule has 1 rings (SSSR count). The third-order valence-electron chi connectivity index (χ3n) is 6.50. The molecule has 1 aliphatic heterocycles. The molecule has 1 saturated heterocycles. The van der Waals surface area contributed by atoms with E-state index in [-0.39, 0.29) is 11.6 Å². The van der Waals surface area contributed by atoms with Crippen LogP contribution in [0.5, 0.6) is 0 Å². The van der Waals surface area contributed by atoms with Crippen LogP contribution in [0.2, 0.25) is 0 Å². The molecular weight excluding hydrogens is 346 g/mol. The lowest BCUT2D eigenvalue weighted by atomic mass is 9.89. The molecule has 0 amide bonds. The Balaban J connectivity index is 1.85. The van der Waals surface area contributed by atoms with E-state index in [4.69, 9.17) is 4.74 Å². The highest BCUT2D eigenvalue weighted by atomic mass is 16.6. The minimum atomic E-state index is -0.257. The van der Waals surface area contributed by atoms with E-state index in [1.165, 1.54) is 89.9 Å². The minimum absolute atomic E-state index is 0.00657. The fourth-order valence-electron chi connectivity index (χ4n) is 4.30. The second kappa shape index (κ2) is 16.3. The summed E-state index contributed by atoms with van der Waals surface area (Å²) in [5, 5.41) is 3.34. The summed E-state index contributed by atoms with van der Waals surface area (Å²) in [6, 6.07) is 0. The predicted octanol–water partition coefficient (Wildman–Crippen LogP) is 7.18. The molecule has 0 bridgehead atoms. The number of hydrogen-bond acceptors (Lipinski definition) is 3. The molecule has 3 heteroatoms. The van der Waals surface area contributed by atoms with E-state index in [2.05, 4.69) is 26.1 Å². The van der Waals surface area contributed by atoms with Gasteiger partial charge in [0.2, 0.25) is 0 Å². The fourth-order valence-corrected chi connectivity index (χ4v) is 4.30. The normalized spacial score (nSPS) is 19.4. The van der Waals surface area contributed by atoms with E-state index in [9.17, 15) is 4.79 Å². The molecule has 0 aromatic rings. The van der Waals surface area contributed by atoms with Crippen molar-refractivity contribution in [2.75, 3.05) is 13.1 Å². The molecular formula is C25H49NO2. The molecule has 28 heavy (non-hydrogen) atoms. The van der Waals surface area contributed by atoms with Gasteiger partial charge in [-0.05, 0) is 18.9 Å². The summed E-state index contributed by atoms with van der Waals surface area (Å²) in [6.45, 7) is 8.38. The molecule has 0 aromatic carbocycles. The maximum absolute atomic E-state index is 12.2. The van der Waals surface area contributed by atoms with Crippen LogP contribution >= 0.6 is 0 Å². The summed E-state index contributed by atoms with van der Waals surface area (Å²) in [6.07, 6.45) is 21.8. The van der Waals surface area contributed by atoms with Crippen LogP contribution in [0.25, 0.3) is 0 Å². The molecule has 1 N–H and O–H groups in total. The SMILES string of the molecule is CCCCCCCCCCCCCCCCCC(=O)OC1(C(C)C)CCNC1. The molecule has 0 spiro atoms. The van der Waals surface area contributed by atoms with Crippen LogP contribution < -0.4 is 5.32 Å². The molecule has 1 atom stereocenters. The Hall–Kier alpha value is -0.570. The van der Waals surface area contributed by atoms with Gasteiger partial charge in [0, 0.05) is 19.4 Å². The van der Waals surface area contributed by atoms with Crippen molar-refractivity contribution in [2.24, 2.45) is 5.92 Å². The highest BCUT2D eigenvalue weighted by molar-refractivity contribution is 5.70. The van der Waals surface area contributed by atoms with E-state index in [1.54, 1.807) is 0 Å². The zero-order valence-electron chi connectivity index (χ0n) is 19.3. The van der Waals surface area contributed by atoms with Gasteiger partial charge in [-0.1, -0.05) is 111 Å². The first-order valence-corrected chi connectivity index (χ1v) is 12.5. The van der Waals surface area contributed by atoms with Crippen LogP contribution in [0, 0.1) is 5.92 Å². The first kappa shape index (κ1) is 25.5. The van der Waals surface area contributed by atoms with E-state index in [0.717, 1.165) is 25.9 Å². The predicted molar refractivity (Wildman–Crippen MR) is 121 cm³/mol. The second-order valence-electron chi connectivity index (χ2n) is 9.32. The van der Waals surface area contributed by atoms with Gasteiger partial charge in [-0.3, -0.25) is 4.79 Å². The number of hydrogen-bond donors (Lipinski definition) is 1. The number of carbonyl (C=O) groups excluding carboxylic acids is 1. The van der Waals surface area contributed by atoms with Gasteiger partial charge >= 0.3 is 5.97 Å². The molecule has 1 aliphatic rings. The maximum Gasteiger partial charge on any atom is 0.306 e. The van der Waals surface area contributed by atoms with Gasteiger partial charge in [-0.2, -0.15) is 0 Å². The van der Waals surface area contributed by atoms with E-state index in [1.807, 2.05) is 0 Å². The van der Waals surface area contributed by atoms with Crippen molar-refractivity contribution in [3.63, 3.8) is 0 Å². The number of rotatable bonds is 18. The smallest absolute Gasteiger partial charge is 0.306 e. The Bertz CT molecular complexity index is 375. The van der Waals surface area contributed by atoms with Crippen molar-refractivity contribution >= 4 is 5.97 Å². The Morgan fingerprint density at radius 2 is 1.29 bits per heavy atom. The van der Waals surface area contributed by atoms with Crippen molar-refractivity contribution in [3.8, 4) is 0 Å².